The molecule has 3 rings (SSSR count). The molecule has 3 nitrogen and oxygen atoms in total. The molecule has 128 valence electrons. The first-order valence-corrected chi connectivity index (χ1v) is 9.24. The Bertz CT molecular complexity index is 628. The van der Waals surface area contributed by atoms with Gasteiger partial charge in [-0.15, -0.1) is 0 Å². The van der Waals surface area contributed by atoms with Gasteiger partial charge in [-0.05, 0) is 62.0 Å². The summed E-state index contributed by atoms with van der Waals surface area (Å²) in [5, 5.41) is 3.76. The Kier molecular flexibility index (Phi) is 6.11. The van der Waals surface area contributed by atoms with Crippen molar-refractivity contribution in [2.75, 3.05) is 19.6 Å². The Morgan fingerprint density at radius 3 is 2.62 bits per heavy atom. The predicted octanol–water partition coefficient (Wildman–Crippen LogP) is 4.09. The summed E-state index contributed by atoms with van der Waals surface area (Å²) in [6.45, 7) is 3.79. The number of carbonyl (C=O) groups excluding carboxylic acids is 1. The summed E-state index contributed by atoms with van der Waals surface area (Å²) in [5.74, 6) is 0.0351. The first-order chi connectivity index (χ1) is 11.7. The Labute approximate surface area is 149 Å². The zero-order valence-corrected chi connectivity index (χ0v) is 14.8. The van der Waals surface area contributed by atoms with Crippen molar-refractivity contribution in [1.29, 1.82) is 0 Å². The first kappa shape index (κ1) is 17.2. The van der Waals surface area contributed by atoms with E-state index < -0.39 is 0 Å². The van der Waals surface area contributed by atoms with Crippen molar-refractivity contribution in [2.45, 2.75) is 38.6 Å². The summed E-state index contributed by atoms with van der Waals surface area (Å²) < 4.78 is 0. The maximum atomic E-state index is 12.6. The highest BCUT2D eigenvalue weighted by atomic mass is 35.5. The summed E-state index contributed by atoms with van der Waals surface area (Å²) in [4.78, 5) is 15.1. The molecule has 24 heavy (non-hydrogen) atoms. The molecule has 1 aromatic carbocycles. The van der Waals surface area contributed by atoms with E-state index in [-0.39, 0.29) is 5.91 Å². The normalized spacial score (nSPS) is 18.7. The predicted molar refractivity (Wildman–Crippen MR) is 99.0 cm³/mol. The number of halogens is 1. The van der Waals surface area contributed by atoms with Gasteiger partial charge >= 0.3 is 0 Å². The number of allylic oxidation sites excluding steroid dienone is 1. The van der Waals surface area contributed by atoms with Crippen LogP contribution in [0.4, 0.5) is 0 Å². The fraction of sp³-hybridized carbons (Fsp3) is 0.450. The lowest BCUT2D eigenvalue weighted by Crippen LogP contribution is -2.33. The van der Waals surface area contributed by atoms with Crippen LogP contribution >= 0.6 is 11.6 Å². The smallest absolute Gasteiger partial charge is 0.251 e. The second kappa shape index (κ2) is 8.50. The van der Waals surface area contributed by atoms with E-state index in [1.54, 1.807) is 0 Å². The van der Waals surface area contributed by atoms with Crippen LogP contribution in [0, 0.1) is 0 Å². The molecule has 1 aliphatic carbocycles. The molecule has 1 N–H and O–H groups in total. The summed E-state index contributed by atoms with van der Waals surface area (Å²) in [6.07, 6.45) is 10.0. The maximum Gasteiger partial charge on any atom is 0.251 e. The van der Waals surface area contributed by atoms with E-state index in [0.717, 1.165) is 43.6 Å². The van der Waals surface area contributed by atoms with Crippen molar-refractivity contribution in [3.05, 3.63) is 58.1 Å². The Morgan fingerprint density at radius 2 is 1.88 bits per heavy atom. The Morgan fingerprint density at radius 1 is 1.12 bits per heavy atom. The summed E-state index contributed by atoms with van der Waals surface area (Å²) in [5.41, 5.74) is 3.21. The Balaban J connectivity index is 1.63. The molecule has 1 aliphatic heterocycles. The van der Waals surface area contributed by atoms with Crippen LogP contribution in [0.2, 0.25) is 5.02 Å². The number of carbonyl (C=O) groups is 1. The number of likely N-dealkylation sites (tertiary alicyclic amines) is 1. The van der Waals surface area contributed by atoms with Gasteiger partial charge in [0.1, 0.15) is 0 Å². The molecule has 0 saturated carbocycles. The standard InChI is InChI=1S/C20H25ClN2O/c21-18-10-8-16(9-11-18)14-22-20(24)19-7-3-2-6-17(19)15-23-12-4-1-5-13-23/h3,7-11H,1-2,4-6,12-15H2,(H,22,24). The molecule has 0 unspecified atom stereocenters. The van der Waals surface area contributed by atoms with Crippen LogP contribution < -0.4 is 5.32 Å². The quantitative estimate of drug-likeness (QED) is 0.872. The second-order valence-corrected chi connectivity index (χ2v) is 7.04. The number of nitrogens with zero attached hydrogens (tertiary/aromatic N) is 1. The monoisotopic (exact) mass is 344 g/mol. The number of rotatable bonds is 5. The van der Waals surface area contributed by atoms with E-state index in [1.165, 1.54) is 24.8 Å². The van der Waals surface area contributed by atoms with Gasteiger partial charge in [0.05, 0.1) is 0 Å². The van der Waals surface area contributed by atoms with Gasteiger partial charge in [-0.25, -0.2) is 0 Å². The number of hydrogen-bond donors (Lipinski definition) is 1. The van der Waals surface area contributed by atoms with Crippen LogP contribution in [0.15, 0.2) is 47.6 Å². The maximum absolute atomic E-state index is 12.6. The summed E-state index contributed by atoms with van der Waals surface area (Å²) in [7, 11) is 0. The molecule has 0 radical (unpaired) electrons. The second-order valence-electron chi connectivity index (χ2n) is 6.60. The van der Waals surface area contributed by atoms with Crippen LogP contribution in [-0.2, 0) is 11.3 Å². The van der Waals surface area contributed by atoms with Gasteiger partial charge in [-0.1, -0.05) is 42.3 Å². The molecule has 0 bridgehead atoms. The highest BCUT2D eigenvalue weighted by molar-refractivity contribution is 6.30. The van der Waals surface area contributed by atoms with Crippen LogP contribution in [0.3, 0.4) is 0 Å². The lowest BCUT2D eigenvalue weighted by molar-refractivity contribution is -0.117. The lowest BCUT2D eigenvalue weighted by atomic mass is 9.95. The first-order valence-electron chi connectivity index (χ1n) is 8.86. The molecule has 0 aromatic heterocycles. The van der Waals surface area contributed by atoms with E-state index >= 15 is 0 Å². The minimum atomic E-state index is 0.0351. The van der Waals surface area contributed by atoms with Crippen LogP contribution in [0.5, 0.6) is 0 Å². The third-order valence-corrected chi connectivity index (χ3v) is 5.00. The number of hydrogen-bond acceptors (Lipinski definition) is 2. The minimum Gasteiger partial charge on any atom is -0.348 e. The molecule has 1 saturated heterocycles. The van der Waals surface area contributed by atoms with Crippen molar-refractivity contribution in [3.63, 3.8) is 0 Å². The number of amides is 1. The van der Waals surface area contributed by atoms with Crippen LogP contribution in [0.25, 0.3) is 0 Å². The third kappa shape index (κ3) is 4.71. The number of piperidine rings is 1. The fourth-order valence-electron chi connectivity index (χ4n) is 3.38. The van der Waals surface area contributed by atoms with Gasteiger partial charge in [0.15, 0.2) is 0 Å². The molecule has 0 spiro atoms. The highest BCUT2D eigenvalue weighted by Crippen LogP contribution is 2.22. The molecule has 1 fully saturated rings. The summed E-state index contributed by atoms with van der Waals surface area (Å²) in [6, 6.07) is 7.60. The van der Waals surface area contributed by atoms with Crippen molar-refractivity contribution in [2.24, 2.45) is 0 Å². The van der Waals surface area contributed by atoms with Gasteiger partial charge in [0, 0.05) is 23.7 Å². The zero-order chi connectivity index (χ0) is 16.8. The molecule has 4 heteroatoms. The van der Waals surface area contributed by atoms with E-state index in [0.29, 0.717) is 11.6 Å². The van der Waals surface area contributed by atoms with Crippen LogP contribution in [0.1, 0.15) is 37.7 Å². The van der Waals surface area contributed by atoms with Crippen molar-refractivity contribution < 1.29 is 4.79 Å². The van der Waals surface area contributed by atoms with Gasteiger partial charge in [0.2, 0.25) is 0 Å². The highest BCUT2D eigenvalue weighted by Gasteiger charge is 2.19. The molecule has 2 aliphatic rings. The van der Waals surface area contributed by atoms with E-state index in [9.17, 15) is 4.79 Å². The van der Waals surface area contributed by atoms with E-state index in [4.69, 9.17) is 11.6 Å². The van der Waals surface area contributed by atoms with Crippen molar-refractivity contribution >= 4 is 17.5 Å². The largest absolute Gasteiger partial charge is 0.348 e. The molecular weight excluding hydrogens is 320 g/mol. The average molecular weight is 345 g/mol. The van der Waals surface area contributed by atoms with Crippen molar-refractivity contribution in [1.82, 2.24) is 10.2 Å². The fourth-order valence-corrected chi connectivity index (χ4v) is 3.50. The number of nitrogens with one attached hydrogen (secondary N) is 1. The van der Waals surface area contributed by atoms with E-state index in [2.05, 4.69) is 16.3 Å². The van der Waals surface area contributed by atoms with Gasteiger partial charge in [-0.3, -0.25) is 9.69 Å². The average Bonchev–Trinajstić information content (AvgIpc) is 2.62. The van der Waals surface area contributed by atoms with Gasteiger partial charge in [-0.2, -0.15) is 0 Å². The number of benzene rings is 1. The molecule has 0 atom stereocenters. The van der Waals surface area contributed by atoms with Gasteiger partial charge in [0.25, 0.3) is 5.91 Å². The lowest BCUT2D eigenvalue weighted by Gasteiger charge is -2.29. The summed E-state index contributed by atoms with van der Waals surface area (Å²) >= 11 is 5.90. The minimum absolute atomic E-state index is 0.0351. The SMILES string of the molecule is O=C(NCc1ccc(Cl)cc1)C1=C(CN2CCCCC2)CCC=C1. The third-order valence-electron chi connectivity index (χ3n) is 4.75. The molecule has 1 aromatic rings. The zero-order valence-electron chi connectivity index (χ0n) is 14.1. The molecule has 1 heterocycles. The Hall–Kier alpha value is -1.58. The topological polar surface area (TPSA) is 32.3 Å². The molecule has 1 amide bonds. The van der Waals surface area contributed by atoms with Crippen LogP contribution in [-0.4, -0.2) is 30.4 Å². The molecular formula is C20H25ClN2O. The van der Waals surface area contributed by atoms with Crippen molar-refractivity contribution in [3.8, 4) is 0 Å². The van der Waals surface area contributed by atoms with Gasteiger partial charge < -0.3 is 5.32 Å². The van der Waals surface area contributed by atoms with E-state index in [1.807, 2.05) is 30.3 Å².